The molecule has 1 heterocycles. The van der Waals surface area contributed by atoms with Crippen molar-refractivity contribution in [2.75, 3.05) is 12.1 Å². The Bertz CT molecular complexity index is 1000. The summed E-state index contributed by atoms with van der Waals surface area (Å²) in [6, 6.07) is 18.7. The maximum atomic E-state index is 12.1. The third-order valence-corrected chi connectivity index (χ3v) is 4.10. The number of hydrogen-bond donors (Lipinski definition) is 2. The molecule has 1 aliphatic rings. The van der Waals surface area contributed by atoms with Gasteiger partial charge in [-0.1, -0.05) is 36.4 Å². The molecule has 0 aromatic heterocycles. The zero-order chi connectivity index (χ0) is 17.9. The van der Waals surface area contributed by atoms with E-state index in [1.165, 1.54) is 0 Å². The van der Waals surface area contributed by atoms with Crippen molar-refractivity contribution in [3.8, 4) is 11.5 Å². The number of carbonyl (C=O) groups is 2. The Morgan fingerprint density at radius 3 is 2.54 bits per heavy atom. The van der Waals surface area contributed by atoms with Gasteiger partial charge in [0.15, 0.2) is 11.5 Å². The fraction of sp³-hybridized carbons (Fsp3) is 0.100. The van der Waals surface area contributed by atoms with Crippen LogP contribution in [0.4, 0.5) is 5.69 Å². The van der Waals surface area contributed by atoms with E-state index in [1.54, 1.807) is 18.2 Å². The third-order valence-electron chi connectivity index (χ3n) is 4.10. The van der Waals surface area contributed by atoms with Crippen LogP contribution in [0.3, 0.4) is 0 Å². The first-order valence-electron chi connectivity index (χ1n) is 8.15. The molecule has 0 radical (unpaired) electrons. The number of nitrogens with one attached hydrogen (secondary N) is 2. The van der Waals surface area contributed by atoms with Gasteiger partial charge in [-0.3, -0.25) is 9.59 Å². The van der Waals surface area contributed by atoms with Gasteiger partial charge in [0.2, 0.25) is 6.79 Å². The molecule has 4 rings (SSSR count). The Hall–Kier alpha value is -3.54. The second kappa shape index (κ2) is 6.76. The molecule has 0 spiro atoms. The number of rotatable bonds is 3. The normalized spacial score (nSPS) is 12.0. The monoisotopic (exact) mass is 348 g/mol. The largest absolute Gasteiger partial charge is 0.454 e. The Morgan fingerprint density at radius 2 is 1.65 bits per heavy atom. The van der Waals surface area contributed by atoms with Gasteiger partial charge in [0.1, 0.15) is 0 Å². The zero-order valence-corrected chi connectivity index (χ0v) is 13.8. The molecule has 0 unspecified atom stereocenters. The Balaban J connectivity index is 1.37. The molecule has 26 heavy (non-hydrogen) atoms. The maximum Gasteiger partial charge on any atom is 0.313 e. The Kier molecular flexibility index (Phi) is 4.15. The highest BCUT2D eigenvalue weighted by atomic mass is 16.7. The van der Waals surface area contributed by atoms with E-state index in [2.05, 4.69) is 10.6 Å². The van der Waals surface area contributed by atoms with Crippen molar-refractivity contribution < 1.29 is 19.1 Å². The second-order valence-corrected chi connectivity index (χ2v) is 5.89. The highest BCUT2D eigenvalue weighted by Crippen LogP contribution is 2.32. The van der Waals surface area contributed by atoms with Gasteiger partial charge in [0, 0.05) is 12.2 Å². The number of ether oxygens (including phenoxy) is 2. The first kappa shape index (κ1) is 16.0. The van der Waals surface area contributed by atoms with E-state index in [4.69, 9.17) is 9.47 Å². The Labute approximate surface area is 149 Å². The predicted octanol–water partition coefficient (Wildman–Crippen LogP) is 2.82. The molecule has 3 aromatic carbocycles. The SMILES string of the molecule is O=C(NCc1ccc2c(c1)OCO2)C(=O)Nc1ccc2ccccc2c1. The summed E-state index contributed by atoms with van der Waals surface area (Å²) in [5, 5.41) is 7.28. The van der Waals surface area contributed by atoms with Crippen LogP contribution >= 0.6 is 0 Å². The molecule has 0 atom stereocenters. The van der Waals surface area contributed by atoms with Crippen molar-refractivity contribution >= 4 is 28.3 Å². The predicted molar refractivity (Wildman–Crippen MR) is 97.0 cm³/mol. The van der Waals surface area contributed by atoms with Gasteiger partial charge in [-0.25, -0.2) is 0 Å². The van der Waals surface area contributed by atoms with Crippen LogP contribution in [-0.2, 0) is 16.1 Å². The number of benzene rings is 3. The summed E-state index contributed by atoms with van der Waals surface area (Å²) in [6.07, 6.45) is 0. The van der Waals surface area contributed by atoms with Crippen molar-refractivity contribution in [3.05, 3.63) is 66.2 Å². The number of carbonyl (C=O) groups excluding carboxylic acids is 2. The summed E-state index contributed by atoms with van der Waals surface area (Å²) >= 11 is 0. The first-order chi connectivity index (χ1) is 12.7. The van der Waals surface area contributed by atoms with Crippen LogP contribution in [0, 0.1) is 0 Å². The molecule has 0 aliphatic carbocycles. The zero-order valence-electron chi connectivity index (χ0n) is 13.8. The van der Waals surface area contributed by atoms with Gasteiger partial charge < -0.3 is 20.1 Å². The fourth-order valence-electron chi connectivity index (χ4n) is 2.77. The molecule has 2 amide bonds. The van der Waals surface area contributed by atoms with E-state index >= 15 is 0 Å². The number of hydrogen-bond acceptors (Lipinski definition) is 4. The van der Waals surface area contributed by atoms with Crippen molar-refractivity contribution in [1.82, 2.24) is 5.32 Å². The summed E-state index contributed by atoms with van der Waals surface area (Å²) < 4.78 is 10.5. The lowest BCUT2D eigenvalue weighted by atomic mass is 10.1. The summed E-state index contributed by atoms with van der Waals surface area (Å²) in [4.78, 5) is 24.1. The number of anilines is 1. The lowest BCUT2D eigenvalue weighted by Gasteiger charge is -2.08. The third kappa shape index (κ3) is 3.30. The standard InChI is InChI=1S/C20H16N2O4/c23-19(21-11-13-5-8-17-18(9-13)26-12-25-17)20(24)22-16-7-6-14-3-1-2-4-15(14)10-16/h1-10H,11-12H2,(H,21,23)(H,22,24). The van der Waals surface area contributed by atoms with Crippen LogP contribution in [-0.4, -0.2) is 18.6 Å². The van der Waals surface area contributed by atoms with Gasteiger partial charge in [0.05, 0.1) is 0 Å². The van der Waals surface area contributed by atoms with Crippen LogP contribution in [0.2, 0.25) is 0 Å². The van der Waals surface area contributed by atoms with E-state index in [9.17, 15) is 9.59 Å². The summed E-state index contributed by atoms with van der Waals surface area (Å²) in [5.41, 5.74) is 1.40. The van der Waals surface area contributed by atoms with Crippen molar-refractivity contribution in [2.45, 2.75) is 6.54 Å². The van der Waals surface area contributed by atoms with Gasteiger partial charge in [-0.05, 0) is 40.6 Å². The molecule has 6 nitrogen and oxygen atoms in total. The van der Waals surface area contributed by atoms with E-state index in [-0.39, 0.29) is 13.3 Å². The molecule has 0 saturated carbocycles. The van der Waals surface area contributed by atoms with Crippen molar-refractivity contribution in [1.29, 1.82) is 0 Å². The summed E-state index contributed by atoms with van der Waals surface area (Å²) in [7, 11) is 0. The van der Waals surface area contributed by atoms with Crippen LogP contribution in [0.25, 0.3) is 10.8 Å². The highest BCUT2D eigenvalue weighted by molar-refractivity contribution is 6.39. The van der Waals surface area contributed by atoms with Crippen LogP contribution < -0.4 is 20.1 Å². The molecule has 0 fully saturated rings. The lowest BCUT2D eigenvalue weighted by molar-refractivity contribution is -0.136. The van der Waals surface area contributed by atoms with Gasteiger partial charge in [0.25, 0.3) is 0 Å². The topological polar surface area (TPSA) is 76.7 Å². The lowest BCUT2D eigenvalue weighted by Crippen LogP contribution is -2.34. The average molecular weight is 348 g/mol. The first-order valence-corrected chi connectivity index (χ1v) is 8.15. The van der Waals surface area contributed by atoms with Crippen LogP contribution in [0.5, 0.6) is 11.5 Å². The van der Waals surface area contributed by atoms with E-state index in [0.717, 1.165) is 16.3 Å². The number of fused-ring (bicyclic) bond motifs is 2. The summed E-state index contributed by atoms with van der Waals surface area (Å²) in [6.45, 7) is 0.417. The van der Waals surface area contributed by atoms with Crippen molar-refractivity contribution in [2.24, 2.45) is 0 Å². The molecule has 3 aromatic rings. The van der Waals surface area contributed by atoms with E-state index in [0.29, 0.717) is 17.2 Å². The van der Waals surface area contributed by atoms with Gasteiger partial charge >= 0.3 is 11.8 Å². The minimum atomic E-state index is -0.707. The molecule has 2 N–H and O–H groups in total. The van der Waals surface area contributed by atoms with Gasteiger partial charge in [-0.15, -0.1) is 0 Å². The van der Waals surface area contributed by atoms with Crippen LogP contribution in [0.15, 0.2) is 60.7 Å². The highest BCUT2D eigenvalue weighted by Gasteiger charge is 2.16. The fourth-order valence-corrected chi connectivity index (χ4v) is 2.77. The minimum absolute atomic E-state index is 0.194. The van der Waals surface area contributed by atoms with E-state index < -0.39 is 11.8 Å². The Morgan fingerprint density at radius 1 is 0.846 bits per heavy atom. The molecular formula is C20H16N2O4. The molecule has 6 heteroatoms. The van der Waals surface area contributed by atoms with Crippen molar-refractivity contribution in [3.63, 3.8) is 0 Å². The molecule has 1 aliphatic heterocycles. The second-order valence-electron chi connectivity index (χ2n) is 5.89. The molecule has 0 bridgehead atoms. The van der Waals surface area contributed by atoms with E-state index in [1.807, 2.05) is 42.5 Å². The smallest absolute Gasteiger partial charge is 0.313 e. The molecule has 0 saturated heterocycles. The molecular weight excluding hydrogens is 332 g/mol. The summed E-state index contributed by atoms with van der Waals surface area (Å²) in [5.74, 6) is -0.0941. The molecule has 130 valence electrons. The quantitative estimate of drug-likeness (QED) is 0.714. The number of amides is 2. The average Bonchev–Trinajstić information content (AvgIpc) is 3.13. The van der Waals surface area contributed by atoms with Gasteiger partial charge in [-0.2, -0.15) is 0 Å². The maximum absolute atomic E-state index is 12.1. The minimum Gasteiger partial charge on any atom is -0.454 e. The van der Waals surface area contributed by atoms with Crippen LogP contribution in [0.1, 0.15) is 5.56 Å².